The van der Waals surface area contributed by atoms with Crippen LogP contribution in [0.3, 0.4) is 0 Å². The van der Waals surface area contributed by atoms with Crippen LogP contribution in [0.5, 0.6) is 11.5 Å². The lowest BCUT2D eigenvalue weighted by molar-refractivity contribution is 0.452. The molecule has 0 saturated heterocycles. The molecule has 1 atom stereocenters. The van der Waals surface area contributed by atoms with Gasteiger partial charge in [0.25, 0.3) is 10.1 Å². The molecule has 0 amide bonds. The SMILES string of the molecule is CCC(N1c2ccccc2Oc2cccc(-c3ncccc3C)c21)S(=O)(=O)O. The van der Waals surface area contributed by atoms with Crippen molar-refractivity contribution in [1.29, 1.82) is 0 Å². The topological polar surface area (TPSA) is 79.7 Å². The van der Waals surface area contributed by atoms with Crippen molar-refractivity contribution in [1.82, 2.24) is 4.98 Å². The second kappa shape index (κ2) is 6.92. The fourth-order valence-corrected chi connectivity index (χ4v) is 4.53. The summed E-state index contributed by atoms with van der Waals surface area (Å²) in [7, 11) is -4.36. The van der Waals surface area contributed by atoms with E-state index in [9.17, 15) is 13.0 Å². The number of para-hydroxylation sites is 3. The molecule has 1 unspecified atom stereocenters. The highest BCUT2D eigenvalue weighted by molar-refractivity contribution is 7.86. The predicted octanol–water partition coefficient (Wildman–Crippen LogP) is 4.92. The molecular formula is C21H20N2O4S. The molecule has 2 aromatic carbocycles. The van der Waals surface area contributed by atoms with Gasteiger partial charge in [0.05, 0.1) is 17.1 Å². The van der Waals surface area contributed by atoms with E-state index >= 15 is 0 Å². The first-order valence-corrected chi connectivity index (χ1v) is 10.5. The molecule has 1 aliphatic heterocycles. The first-order valence-electron chi connectivity index (χ1n) is 8.99. The van der Waals surface area contributed by atoms with E-state index in [1.165, 1.54) is 0 Å². The second-order valence-corrected chi connectivity index (χ2v) is 8.21. The molecule has 0 radical (unpaired) electrons. The number of aryl methyl sites for hydroxylation is 1. The Morgan fingerprint density at radius 1 is 1.07 bits per heavy atom. The van der Waals surface area contributed by atoms with Crippen molar-refractivity contribution in [2.45, 2.75) is 25.6 Å². The summed E-state index contributed by atoms with van der Waals surface area (Å²) in [5.41, 5.74) is 3.59. The van der Waals surface area contributed by atoms with E-state index in [1.807, 2.05) is 43.3 Å². The largest absolute Gasteiger partial charge is 0.453 e. The fraction of sp³-hybridized carbons (Fsp3) is 0.190. The first-order chi connectivity index (χ1) is 13.4. The van der Waals surface area contributed by atoms with Gasteiger partial charge >= 0.3 is 0 Å². The zero-order chi connectivity index (χ0) is 19.9. The van der Waals surface area contributed by atoms with Gasteiger partial charge in [-0.15, -0.1) is 0 Å². The molecule has 0 spiro atoms. The van der Waals surface area contributed by atoms with E-state index in [0.29, 0.717) is 22.9 Å². The summed E-state index contributed by atoms with van der Waals surface area (Å²) < 4.78 is 40.5. The Morgan fingerprint density at radius 2 is 1.82 bits per heavy atom. The molecule has 0 fully saturated rings. The van der Waals surface area contributed by atoms with Crippen molar-refractivity contribution in [3.63, 3.8) is 0 Å². The summed E-state index contributed by atoms with van der Waals surface area (Å²) in [4.78, 5) is 6.15. The normalized spacial score (nSPS) is 14.0. The van der Waals surface area contributed by atoms with Crippen LogP contribution in [0, 0.1) is 6.92 Å². The van der Waals surface area contributed by atoms with E-state index in [4.69, 9.17) is 4.74 Å². The van der Waals surface area contributed by atoms with E-state index in [0.717, 1.165) is 16.8 Å². The fourth-order valence-electron chi connectivity index (χ4n) is 3.62. The van der Waals surface area contributed by atoms with Crippen LogP contribution in [0.1, 0.15) is 18.9 Å². The van der Waals surface area contributed by atoms with E-state index in [1.54, 1.807) is 36.2 Å². The van der Waals surface area contributed by atoms with Crippen molar-refractivity contribution in [2.75, 3.05) is 4.90 Å². The molecule has 1 aliphatic rings. The maximum absolute atomic E-state index is 12.3. The molecule has 2 heterocycles. The highest BCUT2D eigenvalue weighted by atomic mass is 32.2. The highest BCUT2D eigenvalue weighted by Crippen LogP contribution is 2.52. The number of hydrogen-bond acceptors (Lipinski definition) is 5. The van der Waals surface area contributed by atoms with Gasteiger partial charge in [-0.1, -0.05) is 37.3 Å². The van der Waals surface area contributed by atoms with Gasteiger partial charge in [0.1, 0.15) is 0 Å². The van der Waals surface area contributed by atoms with Crippen LogP contribution < -0.4 is 9.64 Å². The van der Waals surface area contributed by atoms with E-state index in [-0.39, 0.29) is 6.42 Å². The van der Waals surface area contributed by atoms with Gasteiger partial charge in [0, 0.05) is 11.8 Å². The number of pyridine rings is 1. The smallest absolute Gasteiger partial charge is 0.286 e. The Labute approximate surface area is 164 Å². The lowest BCUT2D eigenvalue weighted by Gasteiger charge is -2.37. The van der Waals surface area contributed by atoms with Gasteiger partial charge < -0.3 is 9.64 Å². The predicted molar refractivity (Wildman–Crippen MR) is 109 cm³/mol. The minimum absolute atomic E-state index is 0.197. The zero-order valence-electron chi connectivity index (χ0n) is 15.5. The van der Waals surface area contributed by atoms with Crippen molar-refractivity contribution >= 4 is 21.5 Å². The summed E-state index contributed by atoms with van der Waals surface area (Å²) in [5.74, 6) is 1.05. The molecule has 4 rings (SSSR count). The van der Waals surface area contributed by atoms with Crippen molar-refractivity contribution < 1.29 is 17.7 Å². The van der Waals surface area contributed by atoms with Crippen LogP contribution in [0.2, 0.25) is 0 Å². The molecule has 0 saturated carbocycles. The van der Waals surface area contributed by atoms with Crippen molar-refractivity contribution in [3.05, 3.63) is 66.4 Å². The van der Waals surface area contributed by atoms with Crippen molar-refractivity contribution in [2.24, 2.45) is 0 Å². The Morgan fingerprint density at radius 3 is 2.54 bits per heavy atom. The summed E-state index contributed by atoms with van der Waals surface area (Å²) in [6.45, 7) is 3.68. The molecule has 0 aliphatic carbocycles. The van der Waals surface area contributed by atoms with E-state index < -0.39 is 15.5 Å². The van der Waals surface area contributed by atoms with Crippen molar-refractivity contribution in [3.8, 4) is 22.8 Å². The number of anilines is 2. The van der Waals surface area contributed by atoms with Crippen LogP contribution in [0.15, 0.2) is 60.8 Å². The molecule has 6 nitrogen and oxygen atoms in total. The quantitative estimate of drug-likeness (QED) is 0.630. The molecule has 3 aromatic rings. The Bertz CT molecular complexity index is 1140. The summed E-state index contributed by atoms with van der Waals surface area (Å²) in [5, 5.41) is -1.15. The molecule has 0 bridgehead atoms. The molecular weight excluding hydrogens is 376 g/mol. The summed E-state index contributed by atoms with van der Waals surface area (Å²) in [6.07, 6.45) is 1.89. The standard InChI is InChI=1S/C21H20N2O4S/c1-3-19(28(24,25)26)23-16-10-4-5-11-17(16)27-18-12-6-9-15(21(18)23)20-14(2)8-7-13-22-20/h4-13,19H,3H2,1-2H3,(H,24,25,26). The monoisotopic (exact) mass is 396 g/mol. The van der Waals surface area contributed by atoms with Gasteiger partial charge in [-0.2, -0.15) is 8.42 Å². The third kappa shape index (κ3) is 3.02. The van der Waals surface area contributed by atoms with Gasteiger partial charge in [0.15, 0.2) is 16.9 Å². The van der Waals surface area contributed by atoms with Gasteiger partial charge in [-0.3, -0.25) is 9.54 Å². The second-order valence-electron chi connectivity index (χ2n) is 6.64. The molecule has 7 heteroatoms. The van der Waals surface area contributed by atoms with Crippen LogP contribution in [0.25, 0.3) is 11.3 Å². The number of hydrogen-bond donors (Lipinski definition) is 1. The van der Waals surface area contributed by atoms with Crippen LogP contribution in [-0.4, -0.2) is 23.3 Å². The molecule has 144 valence electrons. The van der Waals surface area contributed by atoms with Gasteiger partial charge in [-0.25, -0.2) is 0 Å². The van der Waals surface area contributed by atoms with Gasteiger partial charge in [-0.05, 0) is 43.2 Å². The number of fused-ring (bicyclic) bond motifs is 2. The number of ether oxygens (including phenoxy) is 1. The van der Waals surface area contributed by atoms with E-state index in [2.05, 4.69) is 4.98 Å². The Kier molecular flexibility index (Phi) is 4.56. The number of nitrogens with zero attached hydrogens (tertiary/aromatic N) is 2. The Hall–Kier alpha value is -2.90. The molecule has 1 aromatic heterocycles. The third-order valence-corrected chi connectivity index (χ3v) is 6.06. The highest BCUT2D eigenvalue weighted by Gasteiger charge is 2.37. The van der Waals surface area contributed by atoms with Crippen LogP contribution >= 0.6 is 0 Å². The maximum Gasteiger partial charge on any atom is 0.286 e. The minimum Gasteiger partial charge on any atom is -0.453 e. The maximum atomic E-state index is 12.3. The zero-order valence-corrected chi connectivity index (χ0v) is 16.3. The van der Waals surface area contributed by atoms with Crippen LogP contribution in [0.4, 0.5) is 11.4 Å². The van der Waals surface area contributed by atoms with Crippen LogP contribution in [-0.2, 0) is 10.1 Å². The first kappa shape index (κ1) is 18.5. The average Bonchev–Trinajstić information content (AvgIpc) is 2.67. The number of aromatic nitrogens is 1. The molecule has 1 N–H and O–H groups in total. The summed E-state index contributed by atoms with van der Waals surface area (Å²) >= 11 is 0. The van der Waals surface area contributed by atoms with Gasteiger partial charge in [0.2, 0.25) is 0 Å². The average molecular weight is 396 g/mol. The summed E-state index contributed by atoms with van der Waals surface area (Å²) in [6, 6.07) is 16.5. The lowest BCUT2D eigenvalue weighted by Crippen LogP contribution is -2.39. The molecule has 28 heavy (non-hydrogen) atoms. The number of benzene rings is 2. The number of rotatable bonds is 4. The minimum atomic E-state index is -4.36. The Balaban J connectivity index is 2.04. The lowest BCUT2D eigenvalue weighted by atomic mass is 10.0. The third-order valence-electron chi connectivity index (χ3n) is 4.83.